The summed E-state index contributed by atoms with van der Waals surface area (Å²) in [6.07, 6.45) is 5.50. The second kappa shape index (κ2) is 7.00. The van der Waals surface area contributed by atoms with Crippen molar-refractivity contribution in [3.8, 4) is 11.1 Å². The summed E-state index contributed by atoms with van der Waals surface area (Å²) in [7, 11) is -1.04. The topological polar surface area (TPSA) is 30.7 Å². The van der Waals surface area contributed by atoms with Gasteiger partial charge in [0.2, 0.25) is 0 Å². The molecule has 0 fully saturated rings. The zero-order chi connectivity index (χ0) is 15.2. The van der Waals surface area contributed by atoms with Gasteiger partial charge < -0.3 is 0 Å². The van der Waals surface area contributed by atoms with E-state index in [1.165, 1.54) is 16.3 Å². The maximum absolute atomic E-state index is 4.10. The van der Waals surface area contributed by atoms with E-state index in [-0.39, 0.29) is 0 Å². The molecule has 1 aromatic heterocycles. The van der Waals surface area contributed by atoms with E-state index in [1.54, 1.807) is 12.7 Å². The van der Waals surface area contributed by atoms with E-state index in [0.29, 0.717) is 0 Å². The molecule has 0 radical (unpaired) electrons. The number of aromatic nitrogens is 3. The van der Waals surface area contributed by atoms with Gasteiger partial charge >= 0.3 is 0 Å². The van der Waals surface area contributed by atoms with Gasteiger partial charge in [0, 0.05) is 0 Å². The minimum atomic E-state index is -1.04. The fourth-order valence-corrected chi connectivity index (χ4v) is 3.97. The molecule has 0 N–H and O–H groups in total. The summed E-state index contributed by atoms with van der Waals surface area (Å²) < 4.78 is 1.83. The summed E-state index contributed by atoms with van der Waals surface area (Å²) in [6, 6.07) is 19.5. The molecule has 0 aliphatic rings. The standard InChI is InChI=1S/C18H19N3Si/c1-22(13-5-12-21-15-19-14-20-21)18-10-8-17(9-11-18)16-6-3-2-4-7-16/h2-11,13-15,22H,12H2,1H3. The second-order valence-electron chi connectivity index (χ2n) is 5.32. The van der Waals surface area contributed by atoms with Crippen LogP contribution in [0.15, 0.2) is 79.0 Å². The maximum Gasteiger partial charge on any atom is 0.137 e. The first-order valence-electron chi connectivity index (χ1n) is 7.47. The lowest BCUT2D eigenvalue weighted by Crippen LogP contribution is -2.24. The molecule has 0 amide bonds. The lowest BCUT2D eigenvalue weighted by molar-refractivity contribution is 0.700. The van der Waals surface area contributed by atoms with Gasteiger partial charge in [0.25, 0.3) is 0 Å². The van der Waals surface area contributed by atoms with Crippen LogP contribution in [0.1, 0.15) is 0 Å². The highest BCUT2D eigenvalue weighted by atomic mass is 28.3. The van der Waals surface area contributed by atoms with Crippen LogP contribution in [0.3, 0.4) is 0 Å². The largest absolute Gasteiger partial charge is 0.249 e. The molecule has 3 rings (SSSR count). The molecule has 1 atom stereocenters. The van der Waals surface area contributed by atoms with Gasteiger partial charge in [-0.05, 0) is 11.1 Å². The predicted molar refractivity (Wildman–Crippen MR) is 93.7 cm³/mol. The van der Waals surface area contributed by atoms with Crippen molar-refractivity contribution in [2.24, 2.45) is 0 Å². The molecular weight excluding hydrogens is 286 g/mol. The maximum atomic E-state index is 4.10. The van der Waals surface area contributed by atoms with E-state index in [0.717, 1.165) is 6.54 Å². The summed E-state index contributed by atoms with van der Waals surface area (Å²) in [5.74, 6) is 0. The molecule has 1 unspecified atom stereocenters. The van der Waals surface area contributed by atoms with E-state index in [1.807, 2.05) is 10.7 Å². The van der Waals surface area contributed by atoms with Gasteiger partial charge in [0.15, 0.2) is 0 Å². The van der Waals surface area contributed by atoms with Gasteiger partial charge in [0.1, 0.15) is 12.7 Å². The fraction of sp³-hybridized carbons (Fsp3) is 0.111. The fourth-order valence-electron chi connectivity index (χ4n) is 2.42. The van der Waals surface area contributed by atoms with Crippen LogP contribution in [0.2, 0.25) is 6.55 Å². The lowest BCUT2D eigenvalue weighted by atomic mass is 10.1. The number of hydrogen-bond acceptors (Lipinski definition) is 2. The Morgan fingerprint density at radius 1 is 1.00 bits per heavy atom. The molecule has 0 bridgehead atoms. The van der Waals surface area contributed by atoms with Crippen LogP contribution in [-0.2, 0) is 6.54 Å². The van der Waals surface area contributed by atoms with Crippen molar-refractivity contribution < 1.29 is 0 Å². The average Bonchev–Trinajstić information content (AvgIpc) is 3.09. The molecule has 3 aromatic rings. The molecule has 0 aliphatic heterocycles. The van der Waals surface area contributed by atoms with Gasteiger partial charge in [-0.1, -0.05) is 78.1 Å². The SMILES string of the molecule is C[SiH](C=CCn1cncn1)c1ccc(-c2ccccc2)cc1. The Labute approximate surface area is 132 Å². The summed E-state index contributed by atoms with van der Waals surface area (Å²) >= 11 is 0. The first kappa shape index (κ1) is 14.5. The molecule has 110 valence electrons. The second-order valence-corrected chi connectivity index (χ2v) is 7.95. The van der Waals surface area contributed by atoms with E-state index >= 15 is 0 Å². The molecule has 4 heteroatoms. The Morgan fingerprint density at radius 3 is 2.41 bits per heavy atom. The normalized spacial score (nSPS) is 12.6. The van der Waals surface area contributed by atoms with Crippen molar-refractivity contribution >= 4 is 14.0 Å². The van der Waals surface area contributed by atoms with Crippen molar-refractivity contribution in [1.29, 1.82) is 0 Å². The molecule has 2 aromatic carbocycles. The van der Waals surface area contributed by atoms with Crippen molar-refractivity contribution in [3.05, 3.63) is 79.0 Å². The number of hydrogen-bond donors (Lipinski definition) is 0. The van der Waals surface area contributed by atoms with Crippen LogP contribution in [0, 0.1) is 0 Å². The molecule has 0 saturated heterocycles. The quantitative estimate of drug-likeness (QED) is 0.679. The first-order chi connectivity index (χ1) is 10.8. The Hall–Kier alpha value is -2.46. The highest BCUT2D eigenvalue weighted by molar-refractivity contribution is 6.76. The molecule has 0 spiro atoms. The van der Waals surface area contributed by atoms with Crippen molar-refractivity contribution in [1.82, 2.24) is 14.8 Å². The predicted octanol–water partition coefficient (Wildman–Crippen LogP) is 2.80. The third kappa shape index (κ3) is 3.59. The number of rotatable bonds is 5. The smallest absolute Gasteiger partial charge is 0.137 e. The Balaban J connectivity index is 1.66. The van der Waals surface area contributed by atoms with Crippen molar-refractivity contribution in [3.63, 3.8) is 0 Å². The number of nitrogens with zero attached hydrogens (tertiary/aromatic N) is 3. The summed E-state index contributed by atoms with van der Waals surface area (Å²) in [5.41, 5.74) is 4.89. The van der Waals surface area contributed by atoms with Crippen LogP contribution in [-0.4, -0.2) is 23.6 Å². The van der Waals surface area contributed by atoms with Crippen molar-refractivity contribution in [2.45, 2.75) is 13.1 Å². The van der Waals surface area contributed by atoms with Crippen LogP contribution in [0.25, 0.3) is 11.1 Å². The van der Waals surface area contributed by atoms with Crippen molar-refractivity contribution in [2.75, 3.05) is 0 Å². The van der Waals surface area contributed by atoms with Crippen LogP contribution in [0.5, 0.6) is 0 Å². The Morgan fingerprint density at radius 2 is 1.73 bits per heavy atom. The summed E-state index contributed by atoms with van der Waals surface area (Å²) in [4.78, 5) is 3.95. The third-order valence-electron chi connectivity index (χ3n) is 3.73. The van der Waals surface area contributed by atoms with E-state index in [4.69, 9.17) is 0 Å². The van der Waals surface area contributed by atoms with Gasteiger partial charge in [-0.25, -0.2) is 9.67 Å². The first-order valence-corrected chi connectivity index (χ1v) is 9.87. The highest BCUT2D eigenvalue weighted by Gasteiger charge is 2.04. The molecule has 0 aliphatic carbocycles. The summed E-state index contributed by atoms with van der Waals surface area (Å²) in [6.45, 7) is 3.13. The lowest BCUT2D eigenvalue weighted by Gasteiger charge is -2.07. The molecule has 22 heavy (non-hydrogen) atoms. The summed E-state index contributed by atoms with van der Waals surface area (Å²) in [5, 5.41) is 5.55. The van der Waals surface area contributed by atoms with Crippen LogP contribution >= 0.6 is 0 Å². The molecule has 0 saturated carbocycles. The minimum absolute atomic E-state index is 0.791. The monoisotopic (exact) mass is 305 g/mol. The van der Waals surface area contributed by atoms with Crippen LogP contribution < -0.4 is 5.19 Å². The number of benzene rings is 2. The van der Waals surface area contributed by atoms with Gasteiger partial charge in [-0.15, -0.1) is 0 Å². The van der Waals surface area contributed by atoms with Crippen LogP contribution in [0.4, 0.5) is 0 Å². The number of allylic oxidation sites excluding steroid dienone is 1. The third-order valence-corrected chi connectivity index (χ3v) is 6.01. The highest BCUT2D eigenvalue weighted by Crippen LogP contribution is 2.17. The van der Waals surface area contributed by atoms with E-state index < -0.39 is 8.80 Å². The average molecular weight is 305 g/mol. The van der Waals surface area contributed by atoms with E-state index in [2.05, 4.69) is 76.9 Å². The molecular formula is C18H19N3Si. The Bertz CT molecular complexity index is 719. The van der Waals surface area contributed by atoms with Gasteiger partial charge in [-0.3, -0.25) is 0 Å². The Kier molecular flexibility index (Phi) is 4.61. The van der Waals surface area contributed by atoms with Gasteiger partial charge in [0.05, 0.1) is 15.3 Å². The van der Waals surface area contributed by atoms with Gasteiger partial charge in [-0.2, -0.15) is 5.10 Å². The van der Waals surface area contributed by atoms with E-state index in [9.17, 15) is 0 Å². The zero-order valence-electron chi connectivity index (χ0n) is 12.6. The molecule has 1 heterocycles. The minimum Gasteiger partial charge on any atom is -0.249 e. The zero-order valence-corrected chi connectivity index (χ0v) is 13.8. The molecule has 3 nitrogen and oxygen atoms in total.